The molecule has 0 unspecified atom stereocenters. The van der Waals surface area contributed by atoms with Gasteiger partial charge in [-0.25, -0.2) is 18.2 Å². The van der Waals surface area contributed by atoms with Crippen LogP contribution in [0.4, 0.5) is 4.79 Å². The van der Waals surface area contributed by atoms with Gasteiger partial charge in [-0.15, -0.1) is 0 Å². The van der Waals surface area contributed by atoms with Crippen molar-refractivity contribution in [1.82, 2.24) is 25.2 Å². The first kappa shape index (κ1) is 36.0. The highest BCUT2D eigenvalue weighted by molar-refractivity contribution is 7.91. The van der Waals surface area contributed by atoms with Crippen LogP contribution in [-0.4, -0.2) is 88.8 Å². The molecule has 7 rings (SSSR count). The van der Waals surface area contributed by atoms with Gasteiger partial charge in [0.05, 0.1) is 23.6 Å². The third kappa shape index (κ3) is 6.79. The second-order valence-corrected chi connectivity index (χ2v) is 17.8. The van der Waals surface area contributed by atoms with E-state index in [9.17, 15) is 32.7 Å². The van der Waals surface area contributed by atoms with E-state index in [4.69, 9.17) is 14.5 Å². The summed E-state index contributed by atoms with van der Waals surface area (Å²) in [5.41, 5.74) is -0.778. The number of carboxylic acid groups (broad SMARTS) is 1. The van der Waals surface area contributed by atoms with Crippen LogP contribution in [-0.2, 0) is 30.8 Å². The van der Waals surface area contributed by atoms with Crippen LogP contribution >= 0.6 is 0 Å². The number of hydrogen-bond donors (Lipinski definition) is 4. The van der Waals surface area contributed by atoms with Crippen molar-refractivity contribution in [2.24, 2.45) is 17.8 Å². The van der Waals surface area contributed by atoms with Crippen LogP contribution in [0, 0.1) is 17.8 Å². The van der Waals surface area contributed by atoms with Crippen LogP contribution in [0.5, 0.6) is 11.6 Å². The molecule has 2 aliphatic carbocycles. The zero-order valence-corrected chi connectivity index (χ0v) is 30.5. The van der Waals surface area contributed by atoms with Gasteiger partial charge >= 0.3 is 6.09 Å². The number of carbonyl (C=O) groups excluding carboxylic acids is 3. The average Bonchev–Trinajstić information content (AvgIpc) is 3.98. The third-order valence-electron chi connectivity index (χ3n) is 11.5. The minimum Gasteiger partial charge on any atom is -0.491 e. The number of benzene rings is 1. The lowest BCUT2D eigenvalue weighted by molar-refractivity contribution is -0.142. The number of rotatable bonds is 6. The SMILES string of the molecule is C[C@@H]1CCC=C[C@@H]2C[C@@]2(C(=O)NS(=O)(=O)C2(C)CC2)NC(=O)[C@@H]2C[C@@H](Oc3nc4c(c5ccccc35)OCCC4)CN2C(=O)[C@@H](NC(=O)O)[C@H](C)C1. The lowest BCUT2D eigenvalue weighted by atomic mass is 9.88. The predicted molar refractivity (Wildman–Crippen MR) is 190 cm³/mol. The summed E-state index contributed by atoms with van der Waals surface area (Å²) in [5, 5.41) is 16.6. The molecule has 4 heterocycles. The summed E-state index contributed by atoms with van der Waals surface area (Å²) >= 11 is 0. The number of nitrogens with zero attached hydrogens (tertiary/aromatic N) is 2. The van der Waals surface area contributed by atoms with Crippen molar-refractivity contribution in [2.45, 2.75) is 107 Å². The topological polar surface area (TPSA) is 193 Å². The van der Waals surface area contributed by atoms with Gasteiger partial charge in [0, 0.05) is 23.1 Å². The molecular weight excluding hydrogens is 691 g/mol. The van der Waals surface area contributed by atoms with E-state index in [1.165, 1.54) is 4.90 Å². The molecule has 5 aliphatic rings. The smallest absolute Gasteiger partial charge is 0.405 e. The van der Waals surface area contributed by atoms with Gasteiger partial charge in [0.15, 0.2) is 0 Å². The molecule has 0 spiro atoms. The van der Waals surface area contributed by atoms with Crippen LogP contribution in [0.25, 0.3) is 10.8 Å². The Balaban J connectivity index is 1.23. The third-order valence-corrected chi connectivity index (χ3v) is 13.7. The Labute approximate surface area is 303 Å². The lowest BCUT2D eigenvalue weighted by Crippen LogP contribution is -2.59. The van der Waals surface area contributed by atoms with Gasteiger partial charge < -0.3 is 30.1 Å². The highest BCUT2D eigenvalue weighted by atomic mass is 32.2. The Hall–Kier alpha value is -4.40. The molecule has 52 heavy (non-hydrogen) atoms. The zero-order valence-electron chi connectivity index (χ0n) is 29.7. The number of fused-ring (bicyclic) bond motifs is 5. The van der Waals surface area contributed by atoms with E-state index in [0.717, 1.165) is 23.9 Å². The number of sulfonamides is 1. The molecule has 7 atom stereocenters. The number of amides is 4. The van der Waals surface area contributed by atoms with Crippen molar-refractivity contribution in [2.75, 3.05) is 13.2 Å². The van der Waals surface area contributed by atoms with Gasteiger partial charge in [-0.1, -0.05) is 44.2 Å². The highest BCUT2D eigenvalue weighted by Crippen LogP contribution is 2.48. The van der Waals surface area contributed by atoms with Crippen molar-refractivity contribution in [3.8, 4) is 11.6 Å². The summed E-state index contributed by atoms with van der Waals surface area (Å²) in [7, 11) is -4.00. The summed E-state index contributed by atoms with van der Waals surface area (Å²) in [6.45, 7) is 5.98. The first-order valence-electron chi connectivity index (χ1n) is 18.3. The van der Waals surface area contributed by atoms with E-state index in [1.807, 2.05) is 50.3 Å². The van der Waals surface area contributed by atoms with E-state index in [0.29, 0.717) is 55.7 Å². The minimum atomic E-state index is -4.00. The minimum absolute atomic E-state index is 0.0281. The molecule has 1 aromatic heterocycles. The summed E-state index contributed by atoms with van der Waals surface area (Å²) in [5.74, 6) is -1.71. The maximum atomic E-state index is 14.4. The Morgan fingerprint density at radius 2 is 1.88 bits per heavy atom. The van der Waals surface area contributed by atoms with Crippen LogP contribution in [0.2, 0.25) is 0 Å². The number of ether oxygens (including phenoxy) is 2. The molecule has 0 bridgehead atoms. The molecule has 3 aliphatic heterocycles. The standard InChI is InChI=1S/C37H47N5O9S/c1-21-9-4-5-10-23-19-37(23,34(45)41-52(48,49)36(3)14-15-36)40-31(43)28-18-24(20-42(28)33(44)29(22(2)17-21)39-35(46)47)51-32-26-12-7-6-11-25(26)30-27(38-32)13-8-16-50-30/h5-7,10-12,21-24,28-29,39H,4,8-9,13-20H2,1-3H3,(H,40,43)(H,41,45)(H,46,47)/t21-,22-,23-,24-,28+,29+,37-/m1/s1. The molecular formula is C37H47N5O9S. The Morgan fingerprint density at radius 3 is 2.62 bits per heavy atom. The fourth-order valence-corrected chi connectivity index (χ4v) is 9.29. The van der Waals surface area contributed by atoms with Gasteiger partial charge in [-0.3, -0.25) is 19.1 Å². The molecule has 0 radical (unpaired) electrons. The van der Waals surface area contributed by atoms with Gasteiger partial charge in [0.1, 0.15) is 29.5 Å². The summed E-state index contributed by atoms with van der Waals surface area (Å²) in [6, 6.07) is 5.27. The quantitative estimate of drug-likeness (QED) is 0.319. The molecule has 4 amide bonds. The average molecular weight is 738 g/mol. The number of aryl methyl sites for hydroxylation is 1. The molecule has 1 aromatic carbocycles. The van der Waals surface area contributed by atoms with Crippen molar-refractivity contribution < 1.29 is 42.2 Å². The fourth-order valence-electron chi connectivity index (χ4n) is 7.98. The van der Waals surface area contributed by atoms with E-state index < -0.39 is 74.1 Å². The number of aromatic nitrogens is 1. The molecule has 1 saturated heterocycles. The van der Waals surface area contributed by atoms with E-state index >= 15 is 0 Å². The van der Waals surface area contributed by atoms with Gasteiger partial charge in [-0.2, -0.15) is 0 Å². The largest absolute Gasteiger partial charge is 0.491 e. The molecule has 15 heteroatoms. The molecule has 2 saturated carbocycles. The molecule has 14 nitrogen and oxygen atoms in total. The van der Waals surface area contributed by atoms with E-state index in [-0.39, 0.29) is 25.3 Å². The van der Waals surface area contributed by atoms with E-state index in [1.54, 1.807) is 6.92 Å². The monoisotopic (exact) mass is 737 g/mol. The first-order valence-corrected chi connectivity index (χ1v) is 19.8. The number of allylic oxidation sites excluding steroid dienone is 1. The van der Waals surface area contributed by atoms with Crippen LogP contribution in [0.3, 0.4) is 0 Å². The number of nitrogens with one attached hydrogen (secondary N) is 3. The fraction of sp³-hybridized carbons (Fsp3) is 0.595. The number of carbonyl (C=O) groups is 4. The Bertz CT molecular complexity index is 1930. The predicted octanol–water partition coefficient (Wildman–Crippen LogP) is 3.43. The van der Waals surface area contributed by atoms with Gasteiger partial charge in [-0.05, 0) is 76.2 Å². The maximum Gasteiger partial charge on any atom is 0.405 e. The molecule has 3 fully saturated rings. The van der Waals surface area contributed by atoms with Crippen LogP contribution in [0.15, 0.2) is 36.4 Å². The normalized spacial score (nSPS) is 31.4. The zero-order chi connectivity index (χ0) is 37.0. The second kappa shape index (κ2) is 13.5. The Morgan fingerprint density at radius 1 is 1.13 bits per heavy atom. The molecule has 4 N–H and O–H groups in total. The summed E-state index contributed by atoms with van der Waals surface area (Å²) in [6.07, 6.45) is 6.25. The van der Waals surface area contributed by atoms with Crippen molar-refractivity contribution >= 4 is 44.6 Å². The number of hydrogen-bond acceptors (Lipinski definition) is 9. The van der Waals surface area contributed by atoms with Crippen molar-refractivity contribution in [3.63, 3.8) is 0 Å². The van der Waals surface area contributed by atoms with Gasteiger partial charge in [0.2, 0.25) is 27.7 Å². The van der Waals surface area contributed by atoms with E-state index in [2.05, 4.69) is 15.4 Å². The second-order valence-electron chi connectivity index (χ2n) is 15.6. The Kier molecular flexibility index (Phi) is 9.37. The van der Waals surface area contributed by atoms with Crippen molar-refractivity contribution in [1.29, 1.82) is 0 Å². The summed E-state index contributed by atoms with van der Waals surface area (Å²) in [4.78, 5) is 60.8. The highest BCUT2D eigenvalue weighted by Gasteiger charge is 2.63. The molecule has 2 aromatic rings. The van der Waals surface area contributed by atoms with Crippen molar-refractivity contribution in [3.05, 3.63) is 42.1 Å². The van der Waals surface area contributed by atoms with Crippen LogP contribution in [0.1, 0.15) is 77.8 Å². The first-order chi connectivity index (χ1) is 24.7. The maximum absolute atomic E-state index is 14.4. The summed E-state index contributed by atoms with van der Waals surface area (Å²) < 4.78 is 40.0. The van der Waals surface area contributed by atoms with Crippen LogP contribution < -0.4 is 24.8 Å². The molecule has 280 valence electrons. The van der Waals surface area contributed by atoms with Gasteiger partial charge in [0.25, 0.3) is 5.91 Å². The number of pyridine rings is 1. The lowest BCUT2D eigenvalue weighted by Gasteiger charge is -2.32.